The van der Waals surface area contributed by atoms with Crippen LogP contribution >= 0.6 is 0 Å². The number of likely N-dealkylation sites (tertiary alicyclic amines) is 1. The number of carbonyl (C=O) groups excluding carboxylic acids is 1. The Labute approximate surface area is 137 Å². The van der Waals surface area contributed by atoms with Crippen LogP contribution in [0.1, 0.15) is 42.6 Å². The molecule has 1 fully saturated rings. The van der Waals surface area contributed by atoms with Gasteiger partial charge in [0.15, 0.2) is 0 Å². The molecule has 1 atom stereocenters. The fourth-order valence-corrected chi connectivity index (χ4v) is 3.13. The number of carbonyl (C=O) groups is 1. The van der Waals surface area contributed by atoms with Gasteiger partial charge in [0.1, 0.15) is 0 Å². The summed E-state index contributed by atoms with van der Waals surface area (Å²) in [5.41, 5.74) is 3.52. The molecule has 0 saturated carbocycles. The largest absolute Gasteiger partial charge is 0.352 e. The maximum absolute atomic E-state index is 11.0. The molecule has 2 aromatic rings. The van der Waals surface area contributed by atoms with Gasteiger partial charge in [0.25, 0.3) is 0 Å². The number of rotatable bonds is 5. The number of pyridine rings is 1. The average molecular weight is 309 g/mol. The number of hydrogen-bond donors (Lipinski definition) is 1. The molecule has 0 spiro atoms. The molecule has 0 bridgehead atoms. The van der Waals surface area contributed by atoms with Crippen molar-refractivity contribution in [2.45, 2.75) is 38.9 Å². The third-order valence-electron chi connectivity index (χ3n) is 4.32. The van der Waals surface area contributed by atoms with E-state index in [1.165, 1.54) is 18.9 Å². The molecular formula is C19H23N3O. The van der Waals surface area contributed by atoms with E-state index in [0.29, 0.717) is 12.6 Å². The van der Waals surface area contributed by atoms with E-state index in [4.69, 9.17) is 0 Å². The van der Waals surface area contributed by atoms with E-state index in [1.807, 2.05) is 6.20 Å². The average Bonchev–Trinajstić information content (AvgIpc) is 3.02. The van der Waals surface area contributed by atoms with E-state index >= 15 is 0 Å². The SMILES string of the molecule is CC(=O)NCc1ccc([C@@H]2CCCN2Cc2ccccc2)nc1. The predicted octanol–water partition coefficient (Wildman–Crippen LogP) is 3.05. The van der Waals surface area contributed by atoms with Crippen molar-refractivity contribution in [1.29, 1.82) is 0 Å². The molecule has 1 aromatic heterocycles. The van der Waals surface area contributed by atoms with Gasteiger partial charge in [-0.1, -0.05) is 36.4 Å². The van der Waals surface area contributed by atoms with Crippen molar-refractivity contribution >= 4 is 5.91 Å². The Morgan fingerprint density at radius 1 is 1.22 bits per heavy atom. The number of hydrogen-bond acceptors (Lipinski definition) is 3. The lowest BCUT2D eigenvalue weighted by Crippen LogP contribution is -2.23. The van der Waals surface area contributed by atoms with E-state index < -0.39 is 0 Å². The Morgan fingerprint density at radius 2 is 2.04 bits per heavy atom. The Balaban J connectivity index is 1.66. The second-order valence-electron chi connectivity index (χ2n) is 6.12. The summed E-state index contributed by atoms with van der Waals surface area (Å²) in [6, 6.07) is 15.2. The van der Waals surface area contributed by atoms with E-state index in [-0.39, 0.29) is 5.91 Å². The molecule has 4 nitrogen and oxygen atoms in total. The highest BCUT2D eigenvalue weighted by atomic mass is 16.1. The summed E-state index contributed by atoms with van der Waals surface area (Å²) in [5, 5.41) is 2.80. The van der Waals surface area contributed by atoms with Crippen LogP contribution < -0.4 is 5.32 Å². The summed E-state index contributed by atoms with van der Waals surface area (Å²) in [7, 11) is 0. The fourth-order valence-electron chi connectivity index (χ4n) is 3.13. The molecule has 120 valence electrons. The number of benzene rings is 1. The minimum Gasteiger partial charge on any atom is -0.352 e. The lowest BCUT2D eigenvalue weighted by atomic mass is 10.1. The fraction of sp³-hybridized carbons (Fsp3) is 0.368. The van der Waals surface area contributed by atoms with Gasteiger partial charge in [-0.15, -0.1) is 0 Å². The van der Waals surface area contributed by atoms with Gasteiger partial charge < -0.3 is 5.32 Å². The Hall–Kier alpha value is -2.20. The predicted molar refractivity (Wildman–Crippen MR) is 90.6 cm³/mol. The van der Waals surface area contributed by atoms with Crippen LogP contribution in [0.5, 0.6) is 0 Å². The molecule has 1 aliphatic rings. The summed E-state index contributed by atoms with van der Waals surface area (Å²) >= 11 is 0. The molecule has 4 heteroatoms. The minimum absolute atomic E-state index is 0.0149. The second-order valence-corrected chi connectivity index (χ2v) is 6.12. The molecular weight excluding hydrogens is 286 g/mol. The molecule has 1 amide bonds. The zero-order chi connectivity index (χ0) is 16.1. The first-order valence-electron chi connectivity index (χ1n) is 8.19. The standard InChI is InChI=1S/C19H23N3O/c1-15(23)20-12-17-9-10-18(21-13-17)19-8-5-11-22(19)14-16-6-3-2-4-7-16/h2-4,6-7,9-10,13,19H,5,8,11-12,14H2,1H3,(H,20,23)/t19-/m0/s1. The number of nitrogens with zero attached hydrogens (tertiary/aromatic N) is 2. The van der Waals surface area contributed by atoms with Crippen molar-refractivity contribution in [3.8, 4) is 0 Å². The first-order chi connectivity index (χ1) is 11.2. The van der Waals surface area contributed by atoms with Gasteiger partial charge in [-0.05, 0) is 36.6 Å². The van der Waals surface area contributed by atoms with Crippen LogP contribution in [0, 0.1) is 0 Å². The Bertz CT molecular complexity index is 639. The number of nitrogens with one attached hydrogen (secondary N) is 1. The van der Waals surface area contributed by atoms with Gasteiger partial charge in [-0.2, -0.15) is 0 Å². The highest BCUT2D eigenvalue weighted by Gasteiger charge is 2.26. The molecule has 2 heterocycles. The molecule has 3 rings (SSSR count). The van der Waals surface area contributed by atoms with E-state index in [0.717, 1.165) is 30.8 Å². The van der Waals surface area contributed by atoms with E-state index in [1.54, 1.807) is 0 Å². The van der Waals surface area contributed by atoms with Crippen LogP contribution in [0.2, 0.25) is 0 Å². The summed E-state index contributed by atoms with van der Waals surface area (Å²) in [6.45, 7) is 4.17. The monoisotopic (exact) mass is 309 g/mol. The lowest BCUT2D eigenvalue weighted by Gasteiger charge is -2.24. The maximum Gasteiger partial charge on any atom is 0.217 e. The number of amides is 1. The molecule has 0 aliphatic carbocycles. The van der Waals surface area contributed by atoms with Crippen LogP contribution in [-0.4, -0.2) is 22.3 Å². The molecule has 23 heavy (non-hydrogen) atoms. The second kappa shape index (κ2) is 7.38. The van der Waals surface area contributed by atoms with Crippen molar-refractivity contribution in [3.05, 3.63) is 65.5 Å². The van der Waals surface area contributed by atoms with Crippen molar-refractivity contribution in [2.75, 3.05) is 6.54 Å². The van der Waals surface area contributed by atoms with Crippen molar-refractivity contribution < 1.29 is 4.79 Å². The molecule has 0 unspecified atom stereocenters. The quantitative estimate of drug-likeness (QED) is 0.923. The van der Waals surface area contributed by atoms with Gasteiger partial charge in [0.05, 0.1) is 11.7 Å². The van der Waals surface area contributed by atoms with Gasteiger partial charge in [0.2, 0.25) is 5.91 Å². The minimum atomic E-state index is -0.0149. The zero-order valence-corrected chi connectivity index (χ0v) is 13.5. The third-order valence-corrected chi connectivity index (χ3v) is 4.32. The third kappa shape index (κ3) is 4.17. The van der Waals surface area contributed by atoms with Crippen molar-refractivity contribution in [1.82, 2.24) is 15.2 Å². The van der Waals surface area contributed by atoms with Crippen LogP contribution in [0.15, 0.2) is 48.7 Å². The smallest absolute Gasteiger partial charge is 0.217 e. The number of aromatic nitrogens is 1. The summed E-state index contributed by atoms with van der Waals surface area (Å²) in [6.07, 6.45) is 4.25. The maximum atomic E-state index is 11.0. The van der Waals surface area contributed by atoms with E-state index in [9.17, 15) is 4.79 Å². The van der Waals surface area contributed by atoms with E-state index in [2.05, 4.69) is 57.7 Å². The van der Waals surface area contributed by atoms with Gasteiger partial charge in [-0.25, -0.2) is 0 Å². The normalized spacial score (nSPS) is 18.0. The topological polar surface area (TPSA) is 45.2 Å². The summed E-state index contributed by atoms with van der Waals surface area (Å²) in [5.74, 6) is -0.0149. The highest BCUT2D eigenvalue weighted by molar-refractivity contribution is 5.72. The van der Waals surface area contributed by atoms with Gasteiger partial charge >= 0.3 is 0 Å². The summed E-state index contributed by atoms with van der Waals surface area (Å²) < 4.78 is 0. The molecule has 1 aromatic carbocycles. The summed E-state index contributed by atoms with van der Waals surface area (Å²) in [4.78, 5) is 18.1. The molecule has 1 N–H and O–H groups in total. The molecule has 1 aliphatic heterocycles. The van der Waals surface area contributed by atoms with Crippen LogP contribution in [-0.2, 0) is 17.9 Å². The first-order valence-corrected chi connectivity index (χ1v) is 8.19. The zero-order valence-electron chi connectivity index (χ0n) is 13.5. The molecule has 0 radical (unpaired) electrons. The lowest BCUT2D eigenvalue weighted by molar-refractivity contribution is -0.119. The van der Waals surface area contributed by atoms with Gasteiger partial charge in [0, 0.05) is 26.2 Å². The molecule has 1 saturated heterocycles. The van der Waals surface area contributed by atoms with Crippen LogP contribution in [0.3, 0.4) is 0 Å². The first kappa shape index (κ1) is 15.7. The van der Waals surface area contributed by atoms with Crippen LogP contribution in [0.4, 0.5) is 0 Å². The van der Waals surface area contributed by atoms with Crippen molar-refractivity contribution in [2.24, 2.45) is 0 Å². The highest BCUT2D eigenvalue weighted by Crippen LogP contribution is 2.32. The van der Waals surface area contributed by atoms with Gasteiger partial charge in [-0.3, -0.25) is 14.7 Å². The Morgan fingerprint density at radius 3 is 2.74 bits per heavy atom. The van der Waals surface area contributed by atoms with Crippen molar-refractivity contribution in [3.63, 3.8) is 0 Å². The van der Waals surface area contributed by atoms with Crippen LogP contribution in [0.25, 0.3) is 0 Å². The Kier molecular flexibility index (Phi) is 5.03.